The standard InChI is InChI=1S/C17H28N/c1-14(2)17-10-6-5-9-16(17)13-18(15(3)4)11-7-8-12-18/h5-6,9-10,14-15H,7-8,11-13H2,1-4H3/q+1. The topological polar surface area (TPSA) is 0 Å². The minimum atomic E-state index is 0.635. The zero-order valence-corrected chi connectivity index (χ0v) is 12.4. The Labute approximate surface area is 112 Å². The van der Waals surface area contributed by atoms with Gasteiger partial charge in [-0.15, -0.1) is 0 Å². The molecule has 18 heavy (non-hydrogen) atoms. The van der Waals surface area contributed by atoms with Crippen molar-refractivity contribution in [2.24, 2.45) is 0 Å². The molecule has 1 heterocycles. The second-order valence-electron chi connectivity index (χ2n) is 6.48. The summed E-state index contributed by atoms with van der Waals surface area (Å²) < 4.78 is 1.30. The monoisotopic (exact) mass is 246 g/mol. The maximum Gasteiger partial charge on any atom is 0.105 e. The molecule has 0 amide bonds. The van der Waals surface area contributed by atoms with Crippen LogP contribution in [0.2, 0.25) is 0 Å². The molecule has 0 spiro atoms. The van der Waals surface area contributed by atoms with E-state index in [4.69, 9.17) is 0 Å². The first kappa shape index (κ1) is 13.6. The number of nitrogens with zero attached hydrogens (tertiary/aromatic N) is 1. The fraction of sp³-hybridized carbons (Fsp3) is 0.647. The van der Waals surface area contributed by atoms with Crippen molar-refractivity contribution in [2.75, 3.05) is 13.1 Å². The predicted molar refractivity (Wildman–Crippen MR) is 78.6 cm³/mol. The molecule has 1 aromatic carbocycles. The first-order valence-electron chi connectivity index (χ1n) is 7.49. The maximum absolute atomic E-state index is 2.39. The normalized spacial score (nSPS) is 18.8. The maximum atomic E-state index is 2.39. The molecule has 1 nitrogen and oxygen atoms in total. The largest absolute Gasteiger partial charge is 0.318 e. The van der Waals surface area contributed by atoms with E-state index in [9.17, 15) is 0 Å². The quantitative estimate of drug-likeness (QED) is 0.694. The van der Waals surface area contributed by atoms with Gasteiger partial charge in [0, 0.05) is 18.4 Å². The lowest BCUT2D eigenvalue weighted by molar-refractivity contribution is -0.949. The number of rotatable bonds is 4. The lowest BCUT2D eigenvalue weighted by atomic mass is 9.96. The zero-order valence-electron chi connectivity index (χ0n) is 12.4. The molecule has 2 rings (SSSR count). The van der Waals surface area contributed by atoms with Crippen LogP contribution in [0, 0.1) is 0 Å². The van der Waals surface area contributed by atoms with Crippen LogP contribution in [0.25, 0.3) is 0 Å². The lowest BCUT2D eigenvalue weighted by Crippen LogP contribution is -2.50. The average molecular weight is 246 g/mol. The fourth-order valence-electron chi connectivity index (χ4n) is 3.40. The number of hydrogen-bond donors (Lipinski definition) is 0. The van der Waals surface area contributed by atoms with Crippen molar-refractivity contribution in [1.82, 2.24) is 0 Å². The van der Waals surface area contributed by atoms with Crippen LogP contribution in [0.3, 0.4) is 0 Å². The number of benzene rings is 1. The van der Waals surface area contributed by atoms with E-state index in [1.807, 2.05) is 0 Å². The zero-order chi connectivity index (χ0) is 13.2. The summed E-state index contributed by atoms with van der Waals surface area (Å²) in [5.74, 6) is 0.635. The highest BCUT2D eigenvalue weighted by molar-refractivity contribution is 5.29. The highest BCUT2D eigenvalue weighted by Crippen LogP contribution is 2.30. The van der Waals surface area contributed by atoms with E-state index in [-0.39, 0.29) is 0 Å². The summed E-state index contributed by atoms with van der Waals surface area (Å²) in [6.07, 6.45) is 2.81. The minimum absolute atomic E-state index is 0.635. The number of quaternary nitrogens is 1. The first-order valence-corrected chi connectivity index (χ1v) is 7.49. The van der Waals surface area contributed by atoms with Crippen LogP contribution in [0.5, 0.6) is 0 Å². The summed E-state index contributed by atoms with van der Waals surface area (Å²) in [6.45, 7) is 13.4. The van der Waals surface area contributed by atoms with E-state index in [1.165, 1.54) is 37.0 Å². The lowest BCUT2D eigenvalue weighted by Gasteiger charge is -2.39. The predicted octanol–water partition coefficient (Wildman–Crippen LogP) is 4.33. The Morgan fingerprint density at radius 2 is 1.61 bits per heavy atom. The van der Waals surface area contributed by atoms with E-state index in [0.29, 0.717) is 5.92 Å². The summed E-state index contributed by atoms with van der Waals surface area (Å²) in [5, 5.41) is 0. The van der Waals surface area contributed by atoms with E-state index in [2.05, 4.69) is 52.0 Å². The smallest absolute Gasteiger partial charge is 0.105 e. The van der Waals surface area contributed by atoms with Crippen LogP contribution in [0.1, 0.15) is 57.6 Å². The molecule has 1 aliphatic heterocycles. The Kier molecular flexibility index (Phi) is 4.11. The van der Waals surface area contributed by atoms with Crippen molar-refractivity contribution in [2.45, 2.75) is 59.0 Å². The molecule has 0 radical (unpaired) electrons. The average Bonchev–Trinajstić information content (AvgIpc) is 2.79. The van der Waals surface area contributed by atoms with Gasteiger partial charge in [0.05, 0.1) is 19.1 Å². The highest BCUT2D eigenvalue weighted by atomic mass is 15.4. The molecule has 0 unspecified atom stereocenters. The third kappa shape index (κ3) is 2.61. The van der Waals surface area contributed by atoms with Gasteiger partial charge in [0.2, 0.25) is 0 Å². The Morgan fingerprint density at radius 3 is 2.17 bits per heavy atom. The van der Waals surface area contributed by atoms with Gasteiger partial charge < -0.3 is 4.48 Å². The molecule has 0 saturated carbocycles. The summed E-state index contributed by atoms with van der Waals surface area (Å²) in [4.78, 5) is 0. The van der Waals surface area contributed by atoms with Crippen molar-refractivity contribution in [3.63, 3.8) is 0 Å². The molecule has 0 aromatic heterocycles. The third-order valence-corrected chi connectivity index (χ3v) is 4.71. The van der Waals surface area contributed by atoms with E-state index in [1.54, 1.807) is 11.1 Å². The fourth-order valence-corrected chi connectivity index (χ4v) is 3.40. The number of likely N-dealkylation sites (tertiary alicyclic amines) is 1. The van der Waals surface area contributed by atoms with Crippen LogP contribution < -0.4 is 0 Å². The summed E-state index contributed by atoms with van der Waals surface area (Å²) in [5.41, 5.74) is 3.12. The van der Waals surface area contributed by atoms with Gasteiger partial charge in [0.25, 0.3) is 0 Å². The van der Waals surface area contributed by atoms with Crippen molar-refractivity contribution >= 4 is 0 Å². The molecule has 0 aliphatic carbocycles. The van der Waals surface area contributed by atoms with Crippen molar-refractivity contribution in [3.05, 3.63) is 35.4 Å². The summed E-state index contributed by atoms with van der Waals surface area (Å²) in [6, 6.07) is 9.78. The van der Waals surface area contributed by atoms with Crippen molar-refractivity contribution in [3.8, 4) is 0 Å². The van der Waals surface area contributed by atoms with E-state index in [0.717, 1.165) is 6.04 Å². The minimum Gasteiger partial charge on any atom is -0.318 e. The van der Waals surface area contributed by atoms with Gasteiger partial charge in [-0.1, -0.05) is 38.1 Å². The second kappa shape index (κ2) is 5.44. The molecule has 0 N–H and O–H groups in total. The van der Waals surface area contributed by atoms with Gasteiger partial charge >= 0.3 is 0 Å². The molecule has 100 valence electrons. The second-order valence-corrected chi connectivity index (χ2v) is 6.48. The first-order chi connectivity index (χ1) is 8.55. The van der Waals surface area contributed by atoms with Gasteiger partial charge in [-0.05, 0) is 25.3 Å². The van der Waals surface area contributed by atoms with E-state index >= 15 is 0 Å². The molecular formula is C17H28N+. The van der Waals surface area contributed by atoms with Crippen LogP contribution >= 0.6 is 0 Å². The molecule has 1 fully saturated rings. The van der Waals surface area contributed by atoms with Crippen molar-refractivity contribution in [1.29, 1.82) is 0 Å². The third-order valence-electron chi connectivity index (χ3n) is 4.71. The van der Waals surface area contributed by atoms with Crippen LogP contribution in [0.15, 0.2) is 24.3 Å². The summed E-state index contributed by atoms with van der Waals surface area (Å²) >= 11 is 0. The highest BCUT2D eigenvalue weighted by Gasteiger charge is 2.35. The Morgan fingerprint density at radius 1 is 1.00 bits per heavy atom. The molecule has 1 saturated heterocycles. The van der Waals surface area contributed by atoms with Gasteiger partial charge in [-0.3, -0.25) is 0 Å². The number of hydrogen-bond acceptors (Lipinski definition) is 0. The molecule has 1 aliphatic rings. The van der Waals surface area contributed by atoms with Crippen molar-refractivity contribution < 1.29 is 4.48 Å². The summed E-state index contributed by atoms with van der Waals surface area (Å²) in [7, 11) is 0. The van der Waals surface area contributed by atoms with Crippen LogP contribution in [-0.4, -0.2) is 23.6 Å². The molecule has 0 atom stereocenters. The molecule has 1 heteroatoms. The Bertz CT molecular complexity index is 386. The van der Waals surface area contributed by atoms with Crippen LogP contribution in [0.4, 0.5) is 0 Å². The van der Waals surface area contributed by atoms with Gasteiger partial charge in [0.15, 0.2) is 0 Å². The Hall–Kier alpha value is -0.820. The molecule has 1 aromatic rings. The van der Waals surface area contributed by atoms with E-state index < -0.39 is 0 Å². The van der Waals surface area contributed by atoms with Crippen LogP contribution in [-0.2, 0) is 6.54 Å². The van der Waals surface area contributed by atoms with Gasteiger partial charge in [-0.25, -0.2) is 0 Å². The Balaban J connectivity index is 2.27. The SMILES string of the molecule is CC(C)c1ccccc1C[N+]1(C(C)C)CCCC1. The molecular weight excluding hydrogens is 218 g/mol. The van der Waals surface area contributed by atoms with Gasteiger partial charge in [0.1, 0.15) is 6.54 Å². The van der Waals surface area contributed by atoms with Gasteiger partial charge in [-0.2, -0.15) is 0 Å². The molecule has 0 bridgehead atoms.